The van der Waals surface area contributed by atoms with E-state index in [1.807, 2.05) is 5.43 Å². The molecule has 0 fully saturated rings. The number of nitrogens with one attached hydrogen (secondary N) is 1. The molecule has 0 spiro atoms. The zero-order valence-electron chi connectivity index (χ0n) is 9.63. The van der Waals surface area contributed by atoms with E-state index >= 15 is 0 Å². The van der Waals surface area contributed by atoms with Gasteiger partial charge in [0.1, 0.15) is 0 Å². The lowest BCUT2D eigenvalue weighted by molar-refractivity contribution is -0.385. The maximum atomic E-state index is 11.3. The second-order valence-corrected chi connectivity index (χ2v) is 2.96. The van der Waals surface area contributed by atoms with Gasteiger partial charge in [0.15, 0.2) is 5.75 Å². The number of nitro groups is 1. The number of carbonyl (C=O) groups is 1. The number of methoxy groups -OCH3 is 2. The molecule has 1 aromatic carbocycles. The van der Waals surface area contributed by atoms with Gasteiger partial charge in [0.05, 0.1) is 24.7 Å². The molecule has 0 aliphatic heterocycles. The molecule has 100 valence electrons. The van der Waals surface area contributed by atoms with Crippen molar-refractivity contribution in [3.63, 3.8) is 0 Å². The Balaban J connectivity index is 0.00000289. The average Bonchev–Trinajstić information content (AvgIpc) is 2.35. The number of benzene rings is 1. The summed E-state index contributed by atoms with van der Waals surface area (Å²) in [6.45, 7) is 0. The van der Waals surface area contributed by atoms with Gasteiger partial charge in [-0.1, -0.05) is 0 Å². The summed E-state index contributed by atoms with van der Waals surface area (Å²) >= 11 is 0. The normalized spacial score (nSPS) is 9.06. The van der Waals surface area contributed by atoms with Gasteiger partial charge in [-0.3, -0.25) is 20.3 Å². The van der Waals surface area contributed by atoms with Gasteiger partial charge < -0.3 is 9.47 Å². The number of halogens is 1. The summed E-state index contributed by atoms with van der Waals surface area (Å²) in [6.07, 6.45) is 0. The SMILES string of the molecule is COc1cc(C(=O)NN)cc([N+](=O)[O-])c1OC.Cl. The number of amides is 1. The second kappa shape index (κ2) is 6.62. The van der Waals surface area contributed by atoms with E-state index in [0.717, 1.165) is 6.07 Å². The van der Waals surface area contributed by atoms with Crippen LogP contribution in [0.4, 0.5) is 5.69 Å². The number of nitro benzene ring substituents is 1. The van der Waals surface area contributed by atoms with Crippen LogP contribution in [0, 0.1) is 10.1 Å². The van der Waals surface area contributed by atoms with Crippen molar-refractivity contribution >= 4 is 24.0 Å². The van der Waals surface area contributed by atoms with Crippen molar-refractivity contribution in [1.82, 2.24) is 5.43 Å². The van der Waals surface area contributed by atoms with Crippen molar-refractivity contribution < 1.29 is 19.2 Å². The molecule has 8 nitrogen and oxygen atoms in total. The van der Waals surface area contributed by atoms with Gasteiger partial charge in [0, 0.05) is 6.07 Å². The van der Waals surface area contributed by atoms with E-state index in [9.17, 15) is 14.9 Å². The van der Waals surface area contributed by atoms with Crippen LogP contribution in [0.5, 0.6) is 11.5 Å². The minimum absolute atomic E-state index is 0. The van der Waals surface area contributed by atoms with Gasteiger partial charge in [0.2, 0.25) is 5.75 Å². The lowest BCUT2D eigenvalue weighted by Gasteiger charge is -2.09. The maximum absolute atomic E-state index is 11.3. The Bertz CT molecular complexity index is 466. The van der Waals surface area contributed by atoms with Crippen LogP contribution in [0.15, 0.2) is 12.1 Å². The first-order valence-corrected chi connectivity index (χ1v) is 4.46. The van der Waals surface area contributed by atoms with E-state index in [4.69, 9.17) is 15.3 Å². The van der Waals surface area contributed by atoms with Crippen LogP contribution in [-0.2, 0) is 0 Å². The predicted molar refractivity (Wildman–Crippen MR) is 65.1 cm³/mol. The van der Waals surface area contributed by atoms with Crippen molar-refractivity contribution in [3.8, 4) is 11.5 Å². The summed E-state index contributed by atoms with van der Waals surface area (Å²) in [6, 6.07) is 2.36. The van der Waals surface area contributed by atoms with Crippen LogP contribution < -0.4 is 20.7 Å². The Labute approximate surface area is 109 Å². The highest BCUT2D eigenvalue weighted by Gasteiger charge is 2.23. The van der Waals surface area contributed by atoms with Crippen LogP contribution in [0.3, 0.4) is 0 Å². The molecule has 0 saturated carbocycles. The lowest BCUT2D eigenvalue weighted by atomic mass is 10.1. The largest absolute Gasteiger partial charge is 0.493 e. The van der Waals surface area contributed by atoms with Crippen LogP contribution >= 0.6 is 12.4 Å². The molecule has 18 heavy (non-hydrogen) atoms. The van der Waals surface area contributed by atoms with E-state index in [-0.39, 0.29) is 35.2 Å². The van der Waals surface area contributed by atoms with E-state index in [1.54, 1.807) is 0 Å². The van der Waals surface area contributed by atoms with Gasteiger partial charge in [0.25, 0.3) is 5.91 Å². The Morgan fingerprint density at radius 2 is 2.00 bits per heavy atom. The van der Waals surface area contributed by atoms with Gasteiger partial charge in [-0.15, -0.1) is 12.4 Å². The summed E-state index contributed by atoms with van der Waals surface area (Å²) in [7, 11) is 2.58. The number of nitrogen functional groups attached to an aromatic ring is 1. The molecule has 0 radical (unpaired) electrons. The topological polar surface area (TPSA) is 117 Å². The molecule has 0 aliphatic rings. The summed E-state index contributed by atoms with van der Waals surface area (Å²) < 4.78 is 9.78. The first-order valence-electron chi connectivity index (χ1n) is 4.46. The summed E-state index contributed by atoms with van der Waals surface area (Å²) in [5.41, 5.74) is 1.52. The molecule has 0 heterocycles. The molecule has 0 aliphatic carbocycles. The summed E-state index contributed by atoms with van der Waals surface area (Å²) in [4.78, 5) is 21.4. The zero-order chi connectivity index (χ0) is 13.0. The molecule has 0 atom stereocenters. The number of rotatable bonds is 4. The Kier molecular flexibility index (Phi) is 5.86. The van der Waals surface area contributed by atoms with Crippen LogP contribution in [0.1, 0.15) is 10.4 Å². The molecule has 3 N–H and O–H groups in total. The van der Waals surface area contributed by atoms with Gasteiger partial charge in [-0.2, -0.15) is 0 Å². The number of carbonyl (C=O) groups excluding carboxylic acids is 1. The second-order valence-electron chi connectivity index (χ2n) is 2.96. The Morgan fingerprint density at radius 3 is 2.39 bits per heavy atom. The fraction of sp³-hybridized carbons (Fsp3) is 0.222. The highest BCUT2D eigenvalue weighted by molar-refractivity contribution is 5.95. The number of nitrogens with zero attached hydrogens (tertiary/aromatic N) is 1. The van der Waals surface area contributed by atoms with E-state index < -0.39 is 10.8 Å². The molecular formula is C9H12ClN3O5. The van der Waals surface area contributed by atoms with Crippen molar-refractivity contribution in [2.24, 2.45) is 5.84 Å². The fourth-order valence-electron chi connectivity index (χ4n) is 1.29. The van der Waals surface area contributed by atoms with Gasteiger partial charge in [-0.05, 0) is 6.07 Å². The third-order valence-corrected chi connectivity index (χ3v) is 2.05. The standard InChI is InChI=1S/C9H11N3O5.ClH/c1-16-7-4-5(9(13)11-10)3-6(12(14)15)8(7)17-2;/h3-4H,10H2,1-2H3,(H,11,13);1H. The molecule has 9 heteroatoms. The van der Waals surface area contributed by atoms with Crippen molar-refractivity contribution in [2.75, 3.05) is 14.2 Å². The summed E-state index contributed by atoms with van der Waals surface area (Å²) in [5.74, 6) is 4.33. The van der Waals surface area contributed by atoms with Crippen molar-refractivity contribution in [3.05, 3.63) is 27.8 Å². The zero-order valence-corrected chi connectivity index (χ0v) is 10.4. The maximum Gasteiger partial charge on any atom is 0.315 e. The molecule has 0 aromatic heterocycles. The fourth-order valence-corrected chi connectivity index (χ4v) is 1.29. The molecule has 0 unspecified atom stereocenters. The minimum Gasteiger partial charge on any atom is -0.493 e. The Morgan fingerprint density at radius 1 is 1.39 bits per heavy atom. The average molecular weight is 278 g/mol. The van der Waals surface area contributed by atoms with Crippen LogP contribution in [-0.4, -0.2) is 25.1 Å². The minimum atomic E-state index is -0.672. The van der Waals surface area contributed by atoms with Crippen molar-refractivity contribution in [1.29, 1.82) is 0 Å². The van der Waals surface area contributed by atoms with E-state index in [2.05, 4.69) is 0 Å². The van der Waals surface area contributed by atoms with E-state index in [0.29, 0.717) is 0 Å². The van der Waals surface area contributed by atoms with Gasteiger partial charge >= 0.3 is 5.69 Å². The van der Waals surface area contributed by atoms with E-state index in [1.165, 1.54) is 20.3 Å². The smallest absolute Gasteiger partial charge is 0.315 e. The molecule has 1 aromatic rings. The van der Waals surface area contributed by atoms with Crippen molar-refractivity contribution in [2.45, 2.75) is 0 Å². The molecule has 0 bridgehead atoms. The first kappa shape index (κ1) is 15.9. The molecular weight excluding hydrogens is 266 g/mol. The monoisotopic (exact) mass is 277 g/mol. The Hall–Kier alpha value is -2.06. The highest BCUT2D eigenvalue weighted by Crippen LogP contribution is 2.37. The highest BCUT2D eigenvalue weighted by atomic mass is 35.5. The van der Waals surface area contributed by atoms with Crippen LogP contribution in [0.25, 0.3) is 0 Å². The first-order chi connectivity index (χ1) is 8.04. The predicted octanol–water partition coefficient (Wildman–Crippen LogP) is 0.637. The number of hydrogen-bond acceptors (Lipinski definition) is 6. The number of ether oxygens (including phenoxy) is 2. The molecule has 1 rings (SSSR count). The third-order valence-electron chi connectivity index (χ3n) is 2.05. The molecule has 0 saturated heterocycles. The van der Waals surface area contributed by atoms with Crippen LogP contribution in [0.2, 0.25) is 0 Å². The lowest BCUT2D eigenvalue weighted by Crippen LogP contribution is -2.30. The number of hydrazine groups is 1. The molecule has 1 amide bonds. The summed E-state index contributed by atoms with van der Waals surface area (Å²) in [5, 5.41) is 10.8. The number of hydrogen-bond donors (Lipinski definition) is 2. The third kappa shape index (κ3) is 2.99. The number of nitrogens with two attached hydrogens (primary N) is 1. The van der Waals surface area contributed by atoms with Gasteiger partial charge in [-0.25, -0.2) is 5.84 Å². The quantitative estimate of drug-likeness (QED) is 0.361.